The van der Waals surface area contributed by atoms with E-state index in [4.69, 9.17) is 4.74 Å². The largest absolute Gasteiger partial charge is 0.495 e. The fraction of sp³-hybridized carbons (Fsp3) is 0.435. The number of anilines is 1. The van der Waals surface area contributed by atoms with Gasteiger partial charge >= 0.3 is 0 Å². The molecule has 0 aliphatic carbocycles. The van der Waals surface area contributed by atoms with Crippen molar-refractivity contribution in [1.82, 2.24) is 9.21 Å². The van der Waals surface area contributed by atoms with Crippen molar-refractivity contribution in [2.45, 2.75) is 24.2 Å². The summed E-state index contributed by atoms with van der Waals surface area (Å²) in [5.41, 5.74) is 1.53. The Hall–Kier alpha value is -2.58. The predicted octanol–water partition coefficient (Wildman–Crippen LogP) is 2.83. The fourth-order valence-corrected chi connectivity index (χ4v) is 5.94. The number of carbonyl (C=O) groups excluding carboxylic acids is 1. The highest BCUT2D eigenvalue weighted by atomic mass is 32.2. The second kappa shape index (κ2) is 9.28. The molecule has 166 valence electrons. The van der Waals surface area contributed by atoms with Crippen LogP contribution in [0.2, 0.25) is 0 Å². The van der Waals surface area contributed by atoms with Gasteiger partial charge in [-0.2, -0.15) is 4.31 Å². The zero-order valence-electron chi connectivity index (χ0n) is 17.9. The number of carbonyl (C=O) groups is 1. The smallest absolute Gasteiger partial charge is 0.254 e. The molecule has 2 aliphatic heterocycles. The molecule has 8 heteroatoms. The molecular formula is C23H29N3O4S. The summed E-state index contributed by atoms with van der Waals surface area (Å²) in [7, 11) is -2.25. The van der Waals surface area contributed by atoms with E-state index in [1.165, 1.54) is 17.5 Å². The Morgan fingerprint density at radius 3 is 2.19 bits per heavy atom. The first-order valence-electron chi connectivity index (χ1n) is 10.8. The van der Waals surface area contributed by atoms with E-state index in [0.29, 0.717) is 31.7 Å². The summed E-state index contributed by atoms with van der Waals surface area (Å²) < 4.78 is 33.3. The Balaban J connectivity index is 1.52. The van der Waals surface area contributed by atoms with Crippen LogP contribution in [0.25, 0.3) is 0 Å². The van der Waals surface area contributed by atoms with Crippen LogP contribution in [0.4, 0.5) is 5.69 Å². The summed E-state index contributed by atoms with van der Waals surface area (Å²) in [6.45, 7) is 3.67. The van der Waals surface area contributed by atoms with Gasteiger partial charge in [-0.1, -0.05) is 24.6 Å². The number of rotatable bonds is 5. The Morgan fingerprint density at radius 2 is 1.55 bits per heavy atom. The normalized spacial score (nSPS) is 18.1. The standard InChI is InChI=1S/C23H29N3O4S/c1-30-21-11-10-19(18-22(21)31(28,29)26-12-6-3-7-13-26)23(27)25-16-14-24(15-17-25)20-8-4-2-5-9-20/h2,4-5,8-11,18H,3,6-7,12-17H2,1H3. The van der Waals surface area contributed by atoms with E-state index in [1.807, 2.05) is 18.2 Å². The van der Waals surface area contributed by atoms with Gasteiger partial charge in [-0.25, -0.2) is 8.42 Å². The van der Waals surface area contributed by atoms with Gasteiger partial charge in [0.1, 0.15) is 10.6 Å². The highest BCUT2D eigenvalue weighted by molar-refractivity contribution is 7.89. The van der Waals surface area contributed by atoms with Gasteiger partial charge in [-0.05, 0) is 43.2 Å². The monoisotopic (exact) mass is 443 g/mol. The molecule has 2 aromatic carbocycles. The Bertz CT molecular complexity index is 1010. The van der Waals surface area contributed by atoms with Gasteiger partial charge < -0.3 is 14.5 Å². The van der Waals surface area contributed by atoms with Crippen LogP contribution in [0.3, 0.4) is 0 Å². The summed E-state index contributed by atoms with van der Waals surface area (Å²) in [6, 6.07) is 14.9. The summed E-state index contributed by atoms with van der Waals surface area (Å²) >= 11 is 0. The first-order valence-corrected chi connectivity index (χ1v) is 12.2. The number of piperidine rings is 1. The number of benzene rings is 2. The maximum absolute atomic E-state index is 13.2. The second-order valence-corrected chi connectivity index (χ2v) is 9.85. The lowest BCUT2D eigenvalue weighted by atomic mass is 10.1. The van der Waals surface area contributed by atoms with Crippen molar-refractivity contribution >= 4 is 21.6 Å². The van der Waals surface area contributed by atoms with Gasteiger partial charge in [0.25, 0.3) is 5.91 Å². The first-order chi connectivity index (χ1) is 15.0. The minimum Gasteiger partial charge on any atom is -0.495 e. The van der Waals surface area contributed by atoms with Crippen LogP contribution < -0.4 is 9.64 Å². The molecule has 2 aliphatic rings. The van der Waals surface area contributed by atoms with Crippen molar-refractivity contribution < 1.29 is 17.9 Å². The van der Waals surface area contributed by atoms with E-state index < -0.39 is 10.0 Å². The van der Waals surface area contributed by atoms with E-state index in [9.17, 15) is 13.2 Å². The summed E-state index contributed by atoms with van der Waals surface area (Å²) in [4.78, 5) is 17.3. The molecule has 0 radical (unpaired) electrons. The Morgan fingerprint density at radius 1 is 0.871 bits per heavy atom. The highest BCUT2D eigenvalue weighted by Crippen LogP contribution is 2.30. The summed E-state index contributed by atoms with van der Waals surface area (Å²) in [5, 5.41) is 0. The van der Waals surface area contributed by atoms with Crippen molar-refractivity contribution in [2.24, 2.45) is 0 Å². The van der Waals surface area contributed by atoms with E-state index >= 15 is 0 Å². The number of sulfonamides is 1. The molecule has 0 unspecified atom stereocenters. The van der Waals surface area contributed by atoms with Crippen molar-refractivity contribution in [3.8, 4) is 5.75 Å². The maximum atomic E-state index is 13.2. The van der Waals surface area contributed by atoms with E-state index in [1.54, 1.807) is 17.0 Å². The molecule has 0 saturated carbocycles. The van der Waals surface area contributed by atoms with Crippen molar-refractivity contribution in [2.75, 3.05) is 51.3 Å². The number of amides is 1. The molecule has 0 spiro atoms. The van der Waals surface area contributed by atoms with E-state index in [2.05, 4.69) is 17.0 Å². The fourth-order valence-electron chi connectivity index (χ4n) is 4.24. The lowest BCUT2D eigenvalue weighted by Gasteiger charge is -2.36. The molecule has 7 nitrogen and oxygen atoms in total. The molecule has 2 saturated heterocycles. The van der Waals surface area contributed by atoms with Gasteiger partial charge in [-0.15, -0.1) is 0 Å². The van der Waals surface area contributed by atoms with Gasteiger partial charge in [0.15, 0.2) is 0 Å². The molecule has 2 fully saturated rings. The molecule has 0 aromatic heterocycles. The molecule has 0 N–H and O–H groups in total. The zero-order valence-corrected chi connectivity index (χ0v) is 18.7. The number of hydrogen-bond donors (Lipinski definition) is 0. The minimum atomic E-state index is -3.71. The topological polar surface area (TPSA) is 70.2 Å². The van der Waals surface area contributed by atoms with Crippen molar-refractivity contribution in [3.05, 3.63) is 54.1 Å². The van der Waals surface area contributed by atoms with Crippen LogP contribution in [0, 0.1) is 0 Å². The third-order valence-electron chi connectivity index (χ3n) is 6.03. The number of nitrogens with zero attached hydrogens (tertiary/aromatic N) is 3. The lowest BCUT2D eigenvalue weighted by molar-refractivity contribution is 0.0746. The number of piperazine rings is 1. The Labute approximate surface area is 184 Å². The average Bonchev–Trinajstić information content (AvgIpc) is 2.84. The quantitative estimate of drug-likeness (QED) is 0.711. The second-order valence-electron chi connectivity index (χ2n) is 7.95. The maximum Gasteiger partial charge on any atom is 0.254 e. The molecular weight excluding hydrogens is 414 g/mol. The van der Waals surface area contributed by atoms with Crippen LogP contribution in [-0.4, -0.2) is 69.9 Å². The van der Waals surface area contributed by atoms with Gasteiger partial charge in [-0.3, -0.25) is 4.79 Å². The molecule has 2 heterocycles. The molecule has 2 aromatic rings. The minimum absolute atomic E-state index is 0.0747. The summed E-state index contributed by atoms with van der Waals surface area (Å²) in [6.07, 6.45) is 2.74. The van der Waals surface area contributed by atoms with Gasteiger partial charge in [0.05, 0.1) is 7.11 Å². The summed E-state index contributed by atoms with van der Waals surface area (Å²) in [5.74, 6) is 0.126. The molecule has 0 atom stereocenters. The molecule has 31 heavy (non-hydrogen) atoms. The van der Waals surface area contributed by atoms with Crippen LogP contribution >= 0.6 is 0 Å². The average molecular weight is 444 g/mol. The van der Waals surface area contributed by atoms with Crippen LogP contribution in [0.1, 0.15) is 29.6 Å². The molecule has 0 bridgehead atoms. The number of methoxy groups -OCH3 is 1. The van der Waals surface area contributed by atoms with Gasteiger partial charge in [0, 0.05) is 50.5 Å². The predicted molar refractivity (Wildman–Crippen MR) is 120 cm³/mol. The zero-order chi connectivity index (χ0) is 21.8. The third-order valence-corrected chi connectivity index (χ3v) is 7.95. The van der Waals surface area contributed by atoms with Gasteiger partial charge in [0.2, 0.25) is 10.0 Å². The van der Waals surface area contributed by atoms with Crippen LogP contribution in [0.15, 0.2) is 53.4 Å². The van der Waals surface area contributed by atoms with Crippen molar-refractivity contribution in [3.63, 3.8) is 0 Å². The molecule has 4 rings (SSSR count). The number of para-hydroxylation sites is 1. The third kappa shape index (κ3) is 4.55. The number of hydrogen-bond acceptors (Lipinski definition) is 5. The lowest BCUT2D eigenvalue weighted by Crippen LogP contribution is -2.48. The Kier molecular flexibility index (Phi) is 6.48. The first kappa shape index (κ1) is 21.6. The van der Waals surface area contributed by atoms with E-state index in [0.717, 1.165) is 38.0 Å². The van der Waals surface area contributed by atoms with Crippen LogP contribution in [0.5, 0.6) is 5.75 Å². The van der Waals surface area contributed by atoms with E-state index in [-0.39, 0.29) is 16.6 Å². The molecule has 1 amide bonds. The van der Waals surface area contributed by atoms with Crippen LogP contribution in [-0.2, 0) is 10.0 Å². The number of ether oxygens (including phenoxy) is 1. The van der Waals surface area contributed by atoms with Crippen molar-refractivity contribution in [1.29, 1.82) is 0 Å². The highest BCUT2D eigenvalue weighted by Gasteiger charge is 2.31. The SMILES string of the molecule is COc1ccc(C(=O)N2CCN(c3ccccc3)CC2)cc1S(=O)(=O)N1CCCCC1.